The van der Waals surface area contributed by atoms with Crippen LogP contribution in [0.1, 0.15) is 11.1 Å². The normalized spacial score (nSPS) is 13.1. The van der Waals surface area contributed by atoms with Gasteiger partial charge in [0.15, 0.2) is 0 Å². The number of nitrogen functional groups attached to an aromatic ring is 1. The molecule has 8 heteroatoms. The lowest BCUT2D eigenvalue weighted by molar-refractivity contribution is -0.117. The van der Waals surface area contributed by atoms with E-state index in [1.165, 1.54) is 18.5 Å². The molecule has 0 fully saturated rings. The lowest BCUT2D eigenvalue weighted by atomic mass is 10.0. The number of carbonyl (C=O) groups excluding carboxylic acids is 1. The monoisotopic (exact) mass is 422 g/mol. The molecular formula is C22H16ClFN4O2. The highest BCUT2D eigenvalue weighted by Gasteiger charge is 2.26. The first-order chi connectivity index (χ1) is 14.5. The number of fused-ring (bicyclic) bond motifs is 2. The molecular weight excluding hydrogens is 407 g/mol. The summed E-state index contributed by atoms with van der Waals surface area (Å²) in [6, 6.07) is 10.0. The Hall–Kier alpha value is -3.45. The van der Waals surface area contributed by atoms with E-state index in [2.05, 4.69) is 9.97 Å². The van der Waals surface area contributed by atoms with Gasteiger partial charge in [-0.05, 0) is 53.4 Å². The maximum Gasteiger partial charge on any atom is 0.231 e. The van der Waals surface area contributed by atoms with Gasteiger partial charge in [0, 0.05) is 22.8 Å². The van der Waals surface area contributed by atoms with E-state index in [1.54, 1.807) is 17.2 Å². The van der Waals surface area contributed by atoms with Crippen molar-refractivity contribution in [2.24, 2.45) is 0 Å². The molecule has 150 valence electrons. The number of amides is 1. The molecule has 0 bridgehead atoms. The molecule has 0 saturated heterocycles. The third-order valence-electron chi connectivity index (χ3n) is 5.26. The number of hydrogen-bond acceptors (Lipinski definition) is 5. The van der Waals surface area contributed by atoms with Gasteiger partial charge < -0.3 is 15.1 Å². The molecule has 2 N–H and O–H groups in total. The van der Waals surface area contributed by atoms with Crippen LogP contribution in [0.4, 0.5) is 15.9 Å². The van der Waals surface area contributed by atoms with Crippen molar-refractivity contribution in [3.8, 4) is 11.1 Å². The zero-order valence-electron chi connectivity index (χ0n) is 15.7. The van der Waals surface area contributed by atoms with Crippen LogP contribution in [0.3, 0.4) is 0 Å². The average Bonchev–Trinajstić information content (AvgIpc) is 3.31. The van der Waals surface area contributed by atoms with Crippen LogP contribution in [-0.4, -0.2) is 22.4 Å². The Bertz CT molecular complexity index is 1280. The molecule has 4 aromatic rings. The van der Waals surface area contributed by atoms with Gasteiger partial charge in [0.2, 0.25) is 11.6 Å². The second-order valence-corrected chi connectivity index (χ2v) is 7.62. The van der Waals surface area contributed by atoms with Crippen molar-refractivity contribution < 1.29 is 13.6 Å². The van der Waals surface area contributed by atoms with Gasteiger partial charge in [-0.2, -0.15) is 0 Å². The number of aromatic nitrogens is 2. The van der Waals surface area contributed by atoms with E-state index in [9.17, 15) is 9.18 Å². The molecule has 2 aromatic carbocycles. The summed E-state index contributed by atoms with van der Waals surface area (Å²) < 4.78 is 19.1. The minimum absolute atomic E-state index is 0.0823. The van der Waals surface area contributed by atoms with Crippen molar-refractivity contribution in [2.45, 2.75) is 12.8 Å². The van der Waals surface area contributed by atoms with Crippen LogP contribution in [0.5, 0.6) is 0 Å². The van der Waals surface area contributed by atoms with E-state index in [-0.39, 0.29) is 17.4 Å². The van der Waals surface area contributed by atoms with Gasteiger partial charge in [0.05, 0.1) is 11.8 Å². The predicted molar refractivity (Wildman–Crippen MR) is 113 cm³/mol. The van der Waals surface area contributed by atoms with Crippen molar-refractivity contribution in [3.63, 3.8) is 0 Å². The van der Waals surface area contributed by atoms with E-state index in [0.29, 0.717) is 29.0 Å². The van der Waals surface area contributed by atoms with Crippen LogP contribution < -0.4 is 10.6 Å². The van der Waals surface area contributed by atoms with Gasteiger partial charge >= 0.3 is 0 Å². The molecule has 0 aliphatic carbocycles. The predicted octanol–water partition coefficient (Wildman–Crippen LogP) is 4.40. The van der Waals surface area contributed by atoms with Crippen LogP contribution in [0.25, 0.3) is 22.2 Å². The first-order valence-corrected chi connectivity index (χ1v) is 9.74. The summed E-state index contributed by atoms with van der Waals surface area (Å²) in [4.78, 5) is 22.7. The van der Waals surface area contributed by atoms with E-state index in [4.69, 9.17) is 21.8 Å². The molecule has 30 heavy (non-hydrogen) atoms. The summed E-state index contributed by atoms with van der Waals surface area (Å²) in [5.41, 5.74) is 10.6. The van der Waals surface area contributed by atoms with Gasteiger partial charge in [-0.3, -0.25) is 4.79 Å². The molecule has 0 radical (unpaired) electrons. The maximum atomic E-state index is 13.6. The van der Waals surface area contributed by atoms with Crippen LogP contribution in [0.2, 0.25) is 5.02 Å². The first-order valence-electron chi connectivity index (χ1n) is 9.36. The lowest BCUT2D eigenvalue weighted by Gasteiger charge is -2.18. The molecule has 5 rings (SSSR count). The fourth-order valence-electron chi connectivity index (χ4n) is 3.92. The number of nitrogens with zero attached hydrogens (tertiary/aromatic N) is 3. The Balaban J connectivity index is 1.44. The summed E-state index contributed by atoms with van der Waals surface area (Å²) in [6.07, 6.45) is 3.78. The third-order valence-corrected chi connectivity index (χ3v) is 5.48. The molecule has 6 nitrogen and oxygen atoms in total. The smallest absolute Gasteiger partial charge is 0.231 e. The molecule has 0 spiro atoms. The molecule has 0 atom stereocenters. The quantitative estimate of drug-likeness (QED) is 0.529. The Morgan fingerprint density at radius 1 is 1.23 bits per heavy atom. The topological polar surface area (TPSA) is 85.2 Å². The third kappa shape index (κ3) is 3.17. The van der Waals surface area contributed by atoms with Gasteiger partial charge in [0.1, 0.15) is 24.2 Å². The molecule has 0 saturated carbocycles. The number of benzene rings is 2. The SMILES string of the molecule is Nc1ncnc2occ(-c3ccc4c(c3)CCN4C(=O)Cc3cc(F)cc(Cl)c3)c12. The van der Waals surface area contributed by atoms with Crippen molar-refractivity contribution in [2.75, 3.05) is 17.2 Å². The summed E-state index contributed by atoms with van der Waals surface area (Å²) in [7, 11) is 0. The maximum absolute atomic E-state index is 13.6. The van der Waals surface area contributed by atoms with Crippen LogP contribution in [0.15, 0.2) is 53.4 Å². The van der Waals surface area contributed by atoms with E-state index < -0.39 is 5.82 Å². The van der Waals surface area contributed by atoms with E-state index in [1.807, 2.05) is 18.2 Å². The fraction of sp³-hybridized carbons (Fsp3) is 0.136. The van der Waals surface area contributed by atoms with Crippen molar-refractivity contribution in [3.05, 3.63) is 71.0 Å². The number of anilines is 2. The molecule has 1 amide bonds. The minimum Gasteiger partial charge on any atom is -0.445 e. The fourth-order valence-corrected chi connectivity index (χ4v) is 4.17. The summed E-state index contributed by atoms with van der Waals surface area (Å²) in [5, 5.41) is 0.950. The Morgan fingerprint density at radius 2 is 2.10 bits per heavy atom. The number of halogens is 2. The average molecular weight is 423 g/mol. The molecule has 1 aliphatic heterocycles. The van der Waals surface area contributed by atoms with Crippen LogP contribution >= 0.6 is 11.6 Å². The Labute approximate surface area is 176 Å². The summed E-state index contributed by atoms with van der Waals surface area (Å²) in [5.74, 6) is -0.197. The minimum atomic E-state index is -0.452. The number of furan rings is 1. The molecule has 0 unspecified atom stereocenters. The van der Waals surface area contributed by atoms with Crippen molar-refractivity contribution in [1.29, 1.82) is 0 Å². The second-order valence-electron chi connectivity index (χ2n) is 7.18. The van der Waals surface area contributed by atoms with Gasteiger partial charge in [-0.25, -0.2) is 14.4 Å². The van der Waals surface area contributed by atoms with Crippen LogP contribution in [-0.2, 0) is 17.6 Å². The molecule has 3 heterocycles. The molecule has 1 aliphatic rings. The second kappa shape index (κ2) is 7.11. The number of rotatable bonds is 3. The zero-order valence-corrected chi connectivity index (χ0v) is 16.5. The van der Waals surface area contributed by atoms with Crippen molar-refractivity contribution >= 4 is 40.1 Å². The van der Waals surface area contributed by atoms with Gasteiger partial charge in [-0.15, -0.1) is 0 Å². The lowest BCUT2D eigenvalue weighted by Crippen LogP contribution is -2.30. The highest BCUT2D eigenvalue weighted by molar-refractivity contribution is 6.30. The highest BCUT2D eigenvalue weighted by atomic mass is 35.5. The van der Waals surface area contributed by atoms with Crippen LogP contribution in [0, 0.1) is 5.82 Å². The standard InChI is InChI=1S/C22H16ClFN4O2/c23-15-5-12(6-16(24)9-15)7-19(29)28-4-3-14-8-13(1-2-18(14)28)17-10-30-22-20(17)21(25)26-11-27-22/h1-2,5-6,8-11H,3-4,7H2,(H2,25,26,27). The zero-order chi connectivity index (χ0) is 20.8. The molecule has 2 aromatic heterocycles. The summed E-state index contributed by atoms with van der Waals surface area (Å²) >= 11 is 5.90. The van der Waals surface area contributed by atoms with E-state index >= 15 is 0 Å². The number of nitrogens with two attached hydrogens (primary N) is 1. The highest BCUT2D eigenvalue weighted by Crippen LogP contribution is 2.37. The van der Waals surface area contributed by atoms with E-state index in [0.717, 1.165) is 28.8 Å². The van der Waals surface area contributed by atoms with Gasteiger partial charge in [-0.1, -0.05) is 17.7 Å². The number of carbonyl (C=O) groups is 1. The number of hydrogen-bond donors (Lipinski definition) is 1. The largest absolute Gasteiger partial charge is 0.445 e. The Kier molecular flexibility index (Phi) is 4.40. The Morgan fingerprint density at radius 3 is 2.93 bits per heavy atom. The van der Waals surface area contributed by atoms with Gasteiger partial charge in [0.25, 0.3) is 0 Å². The van der Waals surface area contributed by atoms with Crippen molar-refractivity contribution in [1.82, 2.24) is 9.97 Å². The first kappa shape index (κ1) is 18.6. The summed E-state index contributed by atoms with van der Waals surface area (Å²) in [6.45, 7) is 0.568.